The van der Waals surface area contributed by atoms with E-state index in [1.165, 1.54) is 11.8 Å². The number of amides is 1. The van der Waals surface area contributed by atoms with E-state index in [4.69, 9.17) is 15.9 Å². The molecule has 6 N–H and O–H groups in total. The van der Waals surface area contributed by atoms with E-state index in [-0.39, 0.29) is 17.4 Å². The van der Waals surface area contributed by atoms with Gasteiger partial charge in [-0.05, 0) is 32.1 Å². The van der Waals surface area contributed by atoms with Crippen molar-refractivity contribution >= 4 is 29.6 Å². The van der Waals surface area contributed by atoms with Crippen molar-refractivity contribution in [3.05, 3.63) is 72.9 Å². The van der Waals surface area contributed by atoms with Gasteiger partial charge in [-0.1, -0.05) is 79.8 Å². The van der Waals surface area contributed by atoms with Gasteiger partial charge < -0.3 is 26.4 Å². The van der Waals surface area contributed by atoms with Gasteiger partial charge in [0, 0.05) is 17.4 Å². The maximum absolute atomic E-state index is 11.9. The number of carboxylic acid groups (broad SMARTS) is 2. The largest absolute Gasteiger partial charge is 0.481 e. The highest BCUT2D eigenvalue weighted by molar-refractivity contribution is 8.00. The molecule has 0 rings (SSSR count). The average Bonchev–Trinajstić information content (AvgIpc) is 2.84. The minimum atomic E-state index is -1.14. The van der Waals surface area contributed by atoms with Crippen LogP contribution in [0, 0.1) is 0 Å². The predicted molar refractivity (Wildman–Crippen MR) is 147 cm³/mol. The second-order valence-electron chi connectivity index (χ2n) is 7.74. The molecule has 0 aromatic rings. The van der Waals surface area contributed by atoms with E-state index >= 15 is 0 Å². The zero-order valence-corrected chi connectivity index (χ0v) is 21.7. The summed E-state index contributed by atoms with van der Waals surface area (Å²) in [7, 11) is 0. The molecule has 0 aromatic heterocycles. The number of hydrogen-bond donors (Lipinski definition) is 5. The number of aliphatic hydroxyl groups is 1. The van der Waals surface area contributed by atoms with Crippen LogP contribution in [-0.4, -0.2) is 62.9 Å². The molecule has 0 saturated carbocycles. The summed E-state index contributed by atoms with van der Waals surface area (Å²) in [5, 5.41) is 29.8. The molecule has 0 fully saturated rings. The van der Waals surface area contributed by atoms with Crippen LogP contribution < -0.4 is 11.1 Å². The summed E-state index contributed by atoms with van der Waals surface area (Å²) in [6.07, 6.45) is 26.1. The molecule has 0 unspecified atom stereocenters. The lowest BCUT2D eigenvalue weighted by molar-refractivity contribution is -0.138. The topological polar surface area (TPSA) is 150 Å². The van der Waals surface area contributed by atoms with Gasteiger partial charge in [0.15, 0.2) is 0 Å². The summed E-state index contributed by atoms with van der Waals surface area (Å²) in [4.78, 5) is 32.9. The molecule has 9 heteroatoms. The zero-order chi connectivity index (χ0) is 27.0. The van der Waals surface area contributed by atoms with E-state index < -0.39 is 36.5 Å². The first-order valence-electron chi connectivity index (χ1n) is 12.0. The van der Waals surface area contributed by atoms with Crippen molar-refractivity contribution in [1.29, 1.82) is 0 Å². The summed E-state index contributed by atoms with van der Waals surface area (Å²) >= 11 is 1.34. The van der Waals surface area contributed by atoms with Crippen molar-refractivity contribution in [2.75, 3.05) is 12.3 Å². The summed E-state index contributed by atoms with van der Waals surface area (Å²) in [5.74, 6) is -2.23. The highest BCUT2D eigenvalue weighted by Gasteiger charge is 2.20. The Balaban J connectivity index is 4.62. The number of hydrogen-bond acceptors (Lipinski definition) is 6. The third kappa shape index (κ3) is 20.5. The standard InChI is InChI=1S/C27H40N2O6S/c1-2-3-14-17-23(30)24(36-21-22(28)27(35)29-20-26(33)34)18-15-12-10-8-6-4-5-7-9-11-13-16-19-25(31)32/h3,5-8,10-15,18,22-24,30H,2,4,9,16-17,19-21,28H2,1H3,(H,29,35)(H,31,32)(H,33,34)/b7-5-,8-6?,12-10?,13-11-,14-3-,18-15?/t22-,23+,24-/m0/s1. The maximum atomic E-state index is 11.9. The van der Waals surface area contributed by atoms with Gasteiger partial charge in [-0.15, -0.1) is 11.8 Å². The van der Waals surface area contributed by atoms with E-state index in [1.54, 1.807) is 0 Å². The summed E-state index contributed by atoms with van der Waals surface area (Å²) in [5.41, 5.74) is 5.86. The first-order chi connectivity index (χ1) is 17.3. The van der Waals surface area contributed by atoms with Gasteiger partial charge >= 0.3 is 11.9 Å². The van der Waals surface area contributed by atoms with Crippen molar-refractivity contribution in [1.82, 2.24) is 5.32 Å². The second-order valence-corrected chi connectivity index (χ2v) is 8.95. The number of nitrogens with one attached hydrogen (secondary N) is 1. The van der Waals surface area contributed by atoms with Crippen LogP contribution in [-0.2, 0) is 14.4 Å². The van der Waals surface area contributed by atoms with Gasteiger partial charge in [0.05, 0.1) is 12.1 Å². The van der Waals surface area contributed by atoms with Crippen LogP contribution in [0.15, 0.2) is 72.9 Å². The monoisotopic (exact) mass is 520 g/mol. The van der Waals surface area contributed by atoms with E-state index in [0.717, 1.165) is 19.3 Å². The van der Waals surface area contributed by atoms with Crippen LogP contribution in [0.25, 0.3) is 0 Å². The van der Waals surface area contributed by atoms with Crippen molar-refractivity contribution in [2.45, 2.75) is 62.8 Å². The third-order valence-electron chi connectivity index (χ3n) is 4.55. The number of carboxylic acids is 2. The van der Waals surface area contributed by atoms with Gasteiger partial charge in [0.25, 0.3) is 0 Å². The van der Waals surface area contributed by atoms with E-state index in [0.29, 0.717) is 12.8 Å². The quantitative estimate of drug-likeness (QED) is 0.120. The fraction of sp³-hybridized carbons (Fsp3) is 0.444. The second kappa shape index (κ2) is 22.6. The molecular formula is C27H40N2O6S. The van der Waals surface area contributed by atoms with E-state index in [2.05, 4.69) is 5.32 Å². The van der Waals surface area contributed by atoms with E-state index in [1.807, 2.05) is 79.8 Å². The number of aliphatic hydroxyl groups excluding tert-OH is 1. The van der Waals surface area contributed by atoms with Crippen LogP contribution >= 0.6 is 11.8 Å². The molecule has 36 heavy (non-hydrogen) atoms. The summed E-state index contributed by atoms with van der Waals surface area (Å²) in [6, 6.07) is -0.879. The minimum Gasteiger partial charge on any atom is -0.481 e. The molecule has 0 aliphatic heterocycles. The molecule has 0 radical (unpaired) electrons. The molecule has 0 spiro atoms. The lowest BCUT2D eigenvalue weighted by Crippen LogP contribution is -2.44. The van der Waals surface area contributed by atoms with Gasteiger partial charge in [0.2, 0.25) is 5.91 Å². The average molecular weight is 521 g/mol. The maximum Gasteiger partial charge on any atom is 0.322 e. The van der Waals surface area contributed by atoms with Crippen LogP contribution in [0.4, 0.5) is 0 Å². The van der Waals surface area contributed by atoms with Crippen molar-refractivity contribution in [3.63, 3.8) is 0 Å². The van der Waals surface area contributed by atoms with Gasteiger partial charge in [-0.3, -0.25) is 14.4 Å². The molecule has 0 heterocycles. The molecule has 200 valence electrons. The summed E-state index contributed by atoms with van der Waals surface area (Å²) < 4.78 is 0. The summed E-state index contributed by atoms with van der Waals surface area (Å²) in [6.45, 7) is 1.53. The lowest BCUT2D eigenvalue weighted by Gasteiger charge is -2.20. The molecule has 0 bridgehead atoms. The van der Waals surface area contributed by atoms with Crippen molar-refractivity contribution in [2.24, 2.45) is 5.73 Å². The predicted octanol–water partition coefficient (Wildman–Crippen LogP) is 3.76. The number of allylic oxidation sites excluding steroid dienone is 10. The molecule has 0 aromatic carbocycles. The number of carbonyl (C=O) groups is 3. The molecular weight excluding hydrogens is 480 g/mol. The third-order valence-corrected chi connectivity index (χ3v) is 5.96. The van der Waals surface area contributed by atoms with Crippen LogP contribution in [0.1, 0.15) is 45.4 Å². The number of nitrogens with two attached hydrogens (primary N) is 1. The van der Waals surface area contributed by atoms with Crippen LogP contribution in [0.3, 0.4) is 0 Å². The molecule has 0 aliphatic rings. The Morgan fingerprint density at radius 3 is 2.22 bits per heavy atom. The Labute approximate surface area is 218 Å². The fourth-order valence-corrected chi connectivity index (χ4v) is 3.76. The Kier molecular flexibility index (Phi) is 20.8. The SMILES string of the molecule is CC/C=C\C[C@@H](O)[C@H](C=CC=CC=CC/C=C\C/C=C\CCC(=O)O)SC[C@H](N)C(=O)NCC(=O)O. The first kappa shape index (κ1) is 33.1. The minimum absolute atomic E-state index is 0.150. The van der Waals surface area contributed by atoms with Crippen molar-refractivity contribution < 1.29 is 29.7 Å². The number of aliphatic carboxylic acids is 2. The van der Waals surface area contributed by atoms with E-state index in [9.17, 15) is 19.5 Å². The molecule has 0 saturated heterocycles. The van der Waals surface area contributed by atoms with Gasteiger partial charge in [-0.2, -0.15) is 0 Å². The number of rotatable bonds is 20. The van der Waals surface area contributed by atoms with Crippen LogP contribution in [0.5, 0.6) is 0 Å². The Morgan fingerprint density at radius 2 is 1.56 bits per heavy atom. The normalized spacial score (nSPS) is 15.1. The highest BCUT2D eigenvalue weighted by atomic mass is 32.2. The molecule has 3 atom stereocenters. The lowest BCUT2D eigenvalue weighted by atomic mass is 10.1. The zero-order valence-electron chi connectivity index (χ0n) is 20.9. The first-order valence-corrected chi connectivity index (χ1v) is 13.0. The molecule has 8 nitrogen and oxygen atoms in total. The Bertz CT molecular complexity index is 817. The fourth-order valence-electron chi connectivity index (χ4n) is 2.65. The molecule has 0 aliphatic carbocycles. The smallest absolute Gasteiger partial charge is 0.322 e. The number of carbonyl (C=O) groups excluding carboxylic acids is 1. The molecule has 1 amide bonds. The van der Waals surface area contributed by atoms with Crippen LogP contribution in [0.2, 0.25) is 0 Å². The Hall–Kier alpha value is -2.88. The highest BCUT2D eigenvalue weighted by Crippen LogP contribution is 2.20. The van der Waals surface area contributed by atoms with Crippen molar-refractivity contribution in [3.8, 4) is 0 Å². The number of thioether (sulfide) groups is 1. The van der Waals surface area contributed by atoms with Gasteiger partial charge in [0.1, 0.15) is 6.54 Å². The van der Waals surface area contributed by atoms with Gasteiger partial charge in [-0.25, -0.2) is 0 Å². The Morgan fingerprint density at radius 1 is 0.889 bits per heavy atom.